The Labute approximate surface area is 113 Å². The Hall–Kier alpha value is -1.43. The first-order valence-electron chi connectivity index (χ1n) is 6.56. The fourth-order valence-electron chi connectivity index (χ4n) is 2.50. The number of carbonyl (C=O) groups excluding carboxylic acids is 1. The van der Waals surface area contributed by atoms with Crippen LogP contribution in [0.5, 0.6) is 0 Å². The predicted molar refractivity (Wildman–Crippen MR) is 73.1 cm³/mol. The summed E-state index contributed by atoms with van der Waals surface area (Å²) in [6.07, 6.45) is 0.119. The van der Waals surface area contributed by atoms with Gasteiger partial charge in [-0.15, -0.1) is 0 Å². The Morgan fingerprint density at radius 2 is 2.11 bits per heavy atom. The molecule has 1 aliphatic heterocycles. The Morgan fingerprint density at radius 1 is 1.42 bits per heavy atom. The molecule has 0 bridgehead atoms. The predicted octanol–water partition coefficient (Wildman–Crippen LogP) is 0.827. The van der Waals surface area contributed by atoms with E-state index in [1.165, 1.54) is 0 Å². The molecule has 0 radical (unpaired) electrons. The molecule has 2 rings (SSSR count). The number of amides is 1. The van der Waals surface area contributed by atoms with Crippen LogP contribution >= 0.6 is 0 Å². The molecule has 1 aromatic carbocycles. The van der Waals surface area contributed by atoms with Gasteiger partial charge < -0.3 is 4.74 Å². The van der Waals surface area contributed by atoms with E-state index in [1.54, 1.807) is 0 Å². The standard InChI is InChI=1S/C14H21N3O2/c1-10-9-19-11(2)8-17(10)13(14(18)16-15)12-6-4-3-5-7-12/h3-7,10-11,13H,8-9,15H2,1-2H3,(H,16,18). The average molecular weight is 263 g/mol. The molecule has 5 heteroatoms. The molecule has 3 unspecified atom stereocenters. The SMILES string of the molecule is CC1CN(C(C(=O)NN)c2ccccc2)C(C)CO1. The number of hydrogen-bond acceptors (Lipinski definition) is 4. The van der Waals surface area contributed by atoms with Gasteiger partial charge in [-0.2, -0.15) is 0 Å². The number of hydrazine groups is 1. The molecular formula is C14H21N3O2. The van der Waals surface area contributed by atoms with Gasteiger partial charge in [-0.25, -0.2) is 5.84 Å². The summed E-state index contributed by atoms with van der Waals surface area (Å²) >= 11 is 0. The molecule has 1 aromatic rings. The number of ether oxygens (including phenoxy) is 1. The Bertz CT molecular complexity index is 424. The van der Waals surface area contributed by atoms with Gasteiger partial charge in [0, 0.05) is 12.6 Å². The van der Waals surface area contributed by atoms with Crippen molar-refractivity contribution in [3.8, 4) is 0 Å². The largest absolute Gasteiger partial charge is 0.376 e. The fourth-order valence-corrected chi connectivity index (χ4v) is 2.50. The van der Waals surface area contributed by atoms with Crippen LogP contribution in [0, 0.1) is 0 Å². The van der Waals surface area contributed by atoms with Crippen LogP contribution in [-0.4, -0.2) is 36.1 Å². The molecule has 1 amide bonds. The lowest BCUT2D eigenvalue weighted by atomic mass is 10.0. The molecule has 5 nitrogen and oxygen atoms in total. The van der Waals surface area contributed by atoms with Crippen LogP contribution in [0.25, 0.3) is 0 Å². The molecule has 19 heavy (non-hydrogen) atoms. The summed E-state index contributed by atoms with van der Waals surface area (Å²) < 4.78 is 5.62. The summed E-state index contributed by atoms with van der Waals surface area (Å²) in [5, 5.41) is 0. The van der Waals surface area contributed by atoms with E-state index in [1.807, 2.05) is 37.3 Å². The highest BCUT2D eigenvalue weighted by Gasteiger charge is 2.34. The van der Waals surface area contributed by atoms with Crippen molar-refractivity contribution in [1.29, 1.82) is 0 Å². The lowest BCUT2D eigenvalue weighted by Crippen LogP contribution is -2.53. The number of nitrogens with two attached hydrogens (primary N) is 1. The number of carbonyl (C=O) groups is 1. The minimum Gasteiger partial charge on any atom is -0.376 e. The maximum atomic E-state index is 12.1. The van der Waals surface area contributed by atoms with E-state index in [-0.39, 0.29) is 24.1 Å². The number of benzene rings is 1. The van der Waals surface area contributed by atoms with Crippen LogP contribution in [0.3, 0.4) is 0 Å². The van der Waals surface area contributed by atoms with Gasteiger partial charge in [-0.05, 0) is 19.4 Å². The van der Waals surface area contributed by atoms with Gasteiger partial charge in [0.05, 0.1) is 12.7 Å². The van der Waals surface area contributed by atoms with Crippen molar-refractivity contribution in [2.45, 2.75) is 32.0 Å². The third-order valence-electron chi connectivity index (χ3n) is 3.49. The summed E-state index contributed by atoms with van der Waals surface area (Å²) in [5.41, 5.74) is 3.23. The van der Waals surface area contributed by atoms with Gasteiger partial charge >= 0.3 is 0 Å². The highest BCUT2D eigenvalue weighted by Crippen LogP contribution is 2.26. The third-order valence-corrected chi connectivity index (χ3v) is 3.49. The molecule has 1 heterocycles. The van der Waals surface area contributed by atoms with Crippen molar-refractivity contribution >= 4 is 5.91 Å². The van der Waals surface area contributed by atoms with Crippen molar-refractivity contribution in [2.75, 3.05) is 13.2 Å². The quantitative estimate of drug-likeness (QED) is 0.481. The molecule has 1 aliphatic rings. The van der Waals surface area contributed by atoms with E-state index in [0.717, 1.165) is 5.56 Å². The van der Waals surface area contributed by atoms with E-state index in [0.29, 0.717) is 13.2 Å². The van der Waals surface area contributed by atoms with Crippen LogP contribution in [-0.2, 0) is 9.53 Å². The Kier molecular flexibility index (Phi) is 4.52. The summed E-state index contributed by atoms with van der Waals surface area (Å²) in [5.74, 6) is 5.15. The second-order valence-electron chi connectivity index (χ2n) is 5.01. The van der Waals surface area contributed by atoms with Gasteiger partial charge in [0.25, 0.3) is 5.91 Å². The zero-order valence-electron chi connectivity index (χ0n) is 11.4. The average Bonchev–Trinajstić information content (AvgIpc) is 2.44. The first-order chi connectivity index (χ1) is 9.13. The van der Waals surface area contributed by atoms with Crippen LogP contribution in [0.1, 0.15) is 25.5 Å². The summed E-state index contributed by atoms with van der Waals surface area (Å²) in [7, 11) is 0. The van der Waals surface area contributed by atoms with E-state index in [4.69, 9.17) is 10.6 Å². The monoisotopic (exact) mass is 263 g/mol. The zero-order valence-corrected chi connectivity index (χ0v) is 11.4. The van der Waals surface area contributed by atoms with Gasteiger partial charge in [-0.3, -0.25) is 15.1 Å². The number of morpholine rings is 1. The molecular weight excluding hydrogens is 242 g/mol. The summed E-state index contributed by atoms with van der Waals surface area (Å²) in [6, 6.07) is 9.51. The van der Waals surface area contributed by atoms with E-state index >= 15 is 0 Å². The minimum atomic E-state index is -0.368. The molecule has 0 aromatic heterocycles. The summed E-state index contributed by atoms with van der Waals surface area (Å²) in [4.78, 5) is 14.3. The molecule has 3 N–H and O–H groups in total. The highest BCUT2D eigenvalue weighted by molar-refractivity contribution is 5.82. The van der Waals surface area contributed by atoms with Crippen molar-refractivity contribution < 1.29 is 9.53 Å². The third kappa shape index (κ3) is 3.12. The lowest BCUT2D eigenvalue weighted by Gasteiger charge is -2.41. The number of rotatable bonds is 3. The van der Waals surface area contributed by atoms with Gasteiger partial charge in [0.2, 0.25) is 0 Å². The first kappa shape index (κ1) is 14.0. The number of nitrogens with one attached hydrogen (secondary N) is 1. The molecule has 1 fully saturated rings. The fraction of sp³-hybridized carbons (Fsp3) is 0.500. The molecule has 0 spiro atoms. The van der Waals surface area contributed by atoms with Gasteiger partial charge in [0.15, 0.2) is 0 Å². The maximum absolute atomic E-state index is 12.1. The van der Waals surface area contributed by atoms with Crippen molar-refractivity contribution in [2.24, 2.45) is 5.84 Å². The molecule has 0 aliphatic carbocycles. The highest BCUT2D eigenvalue weighted by atomic mass is 16.5. The van der Waals surface area contributed by atoms with Crippen molar-refractivity contribution in [3.05, 3.63) is 35.9 Å². The first-order valence-corrected chi connectivity index (χ1v) is 6.56. The smallest absolute Gasteiger partial charge is 0.255 e. The van der Waals surface area contributed by atoms with Gasteiger partial charge in [-0.1, -0.05) is 30.3 Å². The lowest BCUT2D eigenvalue weighted by molar-refractivity contribution is -0.133. The van der Waals surface area contributed by atoms with E-state index < -0.39 is 0 Å². The van der Waals surface area contributed by atoms with Crippen LogP contribution in [0.4, 0.5) is 0 Å². The maximum Gasteiger partial charge on any atom is 0.255 e. The summed E-state index contributed by atoms with van der Waals surface area (Å²) in [6.45, 7) is 5.42. The molecule has 104 valence electrons. The molecule has 1 saturated heterocycles. The topological polar surface area (TPSA) is 67.6 Å². The number of nitrogens with zero attached hydrogens (tertiary/aromatic N) is 1. The normalized spacial score (nSPS) is 25.8. The Balaban J connectivity index is 2.29. The minimum absolute atomic E-state index is 0.119. The molecule has 3 atom stereocenters. The van der Waals surface area contributed by atoms with Crippen LogP contribution < -0.4 is 11.3 Å². The number of hydrogen-bond donors (Lipinski definition) is 2. The van der Waals surface area contributed by atoms with Crippen LogP contribution in [0.2, 0.25) is 0 Å². The van der Waals surface area contributed by atoms with E-state index in [2.05, 4.69) is 17.2 Å². The second kappa shape index (κ2) is 6.14. The molecule has 0 saturated carbocycles. The van der Waals surface area contributed by atoms with Crippen molar-refractivity contribution in [1.82, 2.24) is 10.3 Å². The van der Waals surface area contributed by atoms with Crippen molar-refractivity contribution in [3.63, 3.8) is 0 Å². The van der Waals surface area contributed by atoms with Crippen LogP contribution in [0.15, 0.2) is 30.3 Å². The van der Waals surface area contributed by atoms with Gasteiger partial charge in [0.1, 0.15) is 6.04 Å². The Morgan fingerprint density at radius 3 is 2.74 bits per heavy atom. The van der Waals surface area contributed by atoms with E-state index in [9.17, 15) is 4.79 Å². The zero-order chi connectivity index (χ0) is 13.8. The second-order valence-corrected chi connectivity index (χ2v) is 5.01.